The summed E-state index contributed by atoms with van der Waals surface area (Å²) >= 11 is 0. The smallest absolute Gasteiger partial charge is 0.246 e. The van der Waals surface area contributed by atoms with Crippen LogP contribution in [0.25, 0.3) is 11.1 Å². The second kappa shape index (κ2) is 5.17. The maximum atomic E-state index is 12.7. The number of pyridine rings is 1. The third-order valence-corrected chi connectivity index (χ3v) is 5.20. The number of fused-ring (bicyclic) bond motifs is 1. The van der Waals surface area contributed by atoms with Crippen molar-refractivity contribution in [1.29, 1.82) is 0 Å². The van der Waals surface area contributed by atoms with E-state index >= 15 is 0 Å². The summed E-state index contributed by atoms with van der Waals surface area (Å²) in [6, 6.07) is 12.2. The zero-order valence-corrected chi connectivity index (χ0v) is 13.6. The Morgan fingerprint density at radius 2 is 2.00 bits per heavy atom. The number of H-pyrrole nitrogens is 1. The molecule has 6 nitrogen and oxygen atoms in total. The molecule has 0 bridgehead atoms. The van der Waals surface area contributed by atoms with Crippen molar-refractivity contribution in [2.24, 2.45) is 0 Å². The predicted molar refractivity (Wildman–Crippen MR) is 94.5 cm³/mol. The lowest BCUT2D eigenvalue weighted by Gasteiger charge is -2.34. The van der Waals surface area contributed by atoms with Crippen molar-refractivity contribution >= 4 is 17.3 Å². The molecule has 2 aliphatic heterocycles. The molecule has 2 aliphatic rings. The molecule has 0 aliphatic carbocycles. The fraction of sp³-hybridized carbons (Fsp3) is 0.211. The molecule has 1 aromatic carbocycles. The van der Waals surface area contributed by atoms with Gasteiger partial charge in [-0.3, -0.25) is 14.9 Å². The highest BCUT2D eigenvalue weighted by atomic mass is 16.2. The lowest BCUT2D eigenvalue weighted by Crippen LogP contribution is -2.50. The van der Waals surface area contributed by atoms with E-state index in [1.165, 1.54) is 0 Å². The molecule has 1 amide bonds. The number of carbonyl (C=O) groups excluding carboxylic acids is 1. The van der Waals surface area contributed by atoms with Crippen molar-refractivity contribution in [3.05, 3.63) is 60.7 Å². The highest BCUT2D eigenvalue weighted by Crippen LogP contribution is 2.46. The Morgan fingerprint density at radius 1 is 1.12 bits per heavy atom. The molecule has 2 aromatic heterocycles. The summed E-state index contributed by atoms with van der Waals surface area (Å²) in [5, 5.41) is 9.83. The van der Waals surface area contributed by atoms with E-state index in [0.29, 0.717) is 13.0 Å². The minimum absolute atomic E-state index is 0.0874. The molecule has 1 unspecified atom stereocenters. The lowest BCUT2D eigenvalue weighted by atomic mass is 9.93. The van der Waals surface area contributed by atoms with Gasteiger partial charge in [0.2, 0.25) is 5.91 Å². The van der Waals surface area contributed by atoms with Crippen LogP contribution in [0, 0.1) is 0 Å². The number of rotatable bonds is 2. The molecule has 3 aromatic rings. The third kappa shape index (κ3) is 2.00. The van der Waals surface area contributed by atoms with Crippen LogP contribution in [0.5, 0.6) is 0 Å². The number of hydrogen-bond donors (Lipinski definition) is 2. The van der Waals surface area contributed by atoms with Crippen LogP contribution in [0.2, 0.25) is 0 Å². The first kappa shape index (κ1) is 14.2. The fourth-order valence-electron chi connectivity index (χ4n) is 4.00. The van der Waals surface area contributed by atoms with E-state index in [-0.39, 0.29) is 5.91 Å². The third-order valence-electron chi connectivity index (χ3n) is 5.20. The Morgan fingerprint density at radius 3 is 2.72 bits per heavy atom. The van der Waals surface area contributed by atoms with Gasteiger partial charge in [0.15, 0.2) is 0 Å². The molecule has 6 heteroatoms. The van der Waals surface area contributed by atoms with Gasteiger partial charge >= 0.3 is 0 Å². The monoisotopic (exact) mass is 331 g/mol. The molecular formula is C19H17N5O. The molecule has 2 N–H and O–H groups in total. The molecule has 5 rings (SSSR count). The summed E-state index contributed by atoms with van der Waals surface area (Å²) in [6.45, 7) is 0.705. The number of hydrogen-bond acceptors (Lipinski definition) is 4. The van der Waals surface area contributed by atoms with Crippen molar-refractivity contribution in [2.45, 2.75) is 18.4 Å². The van der Waals surface area contributed by atoms with E-state index in [4.69, 9.17) is 0 Å². The van der Waals surface area contributed by atoms with Crippen LogP contribution in [-0.2, 0) is 11.2 Å². The summed E-state index contributed by atoms with van der Waals surface area (Å²) in [7, 11) is 0. The first-order chi connectivity index (χ1) is 12.3. The summed E-state index contributed by atoms with van der Waals surface area (Å²) in [6.07, 6.45) is 6.90. The van der Waals surface area contributed by atoms with Gasteiger partial charge in [-0.25, -0.2) is 0 Å². The number of anilines is 2. The lowest BCUT2D eigenvalue weighted by molar-refractivity contribution is -0.123. The van der Waals surface area contributed by atoms with Crippen LogP contribution in [0.4, 0.5) is 11.4 Å². The number of aromatic nitrogens is 3. The van der Waals surface area contributed by atoms with E-state index in [1.54, 1.807) is 12.4 Å². The van der Waals surface area contributed by atoms with Gasteiger partial charge in [-0.15, -0.1) is 0 Å². The maximum Gasteiger partial charge on any atom is 0.246 e. The van der Waals surface area contributed by atoms with Gasteiger partial charge in [0.1, 0.15) is 5.54 Å². The second-order valence-electron chi connectivity index (χ2n) is 6.55. The number of nitrogens with zero attached hydrogens (tertiary/aromatic N) is 3. The van der Waals surface area contributed by atoms with Crippen molar-refractivity contribution in [1.82, 2.24) is 20.5 Å². The zero-order valence-electron chi connectivity index (χ0n) is 13.6. The van der Waals surface area contributed by atoms with Crippen molar-refractivity contribution in [3.8, 4) is 11.1 Å². The van der Waals surface area contributed by atoms with Crippen LogP contribution < -0.4 is 10.2 Å². The van der Waals surface area contributed by atoms with Gasteiger partial charge in [-0.2, -0.15) is 5.10 Å². The van der Waals surface area contributed by atoms with E-state index in [1.807, 2.05) is 18.3 Å². The Kier molecular flexibility index (Phi) is 2.94. The zero-order chi connectivity index (χ0) is 16.9. The van der Waals surface area contributed by atoms with Crippen LogP contribution in [0.1, 0.15) is 12.1 Å². The largest absolute Gasteiger partial charge is 0.354 e. The SMILES string of the molecule is O=C1NCCC12Cc1ncccc1N2c1ccc(-c2cn[nH]c2)cc1. The first-order valence-electron chi connectivity index (χ1n) is 8.40. The normalized spacial score (nSPS) is 21.6. The summed E-state index contributed by atoms with van der Waals surface area (Å²) in [5.41, 5.74) is 4.59. The number of carbonyl (C=O) groups is 1. The number of aromatic amines is 1. The topological polar surface area (TPSA) is 73.9 Å². The second-order valence-corrected chi connectivity index (χ2v) is 6.55. The molecule has 1 saturated heterocycles. The van der Waals surface area contributed by atoms with Gasteiger partial charge < -0.3 is 10.2 Å². The Bertz CT molecular complexity index is 935. The maximum absolute atomic E-state index is 12.7. The van der Waals surface area contributed by atoms with Crippen molar-refractivity contribution in [2.75, 3.05) is 11.4 Å². The number of benzene rings is 1. The van der Waals surface area contributed by atoms with Gasteiger partial charge in [0.25, 0.3) is 0 Å². The van der Waals surface area contributed by atoms with Gasteiger partial charge in [0.05, 0.1) is 17.6 Å². The average Bonchev–Trinajstić information content (AvgIpc) is 3.36. The standard InChI is InChI=1S/C19H17N5O/c25-18-19(7-9-21-18)10-16-17(2-1-8-20-16)24(19)15-5-3-13(4-6-15)14-11-22-23-12-14/h1-6,8,11-12H,7,9-10H2,(H,21,25)(H,22,23). The summed E-state index contributed by atoms with van der Waals surface area (Å²) in [5.74, 6) is 0.0874. The summed E-state index contributed by atoms with van der Waals surface area (Å²) < 4.78 is 0. The number of nitrogens with one attached hydrogen (secondary N) is 2. The molecule has 0 radical (unpaired) electrons. The first-order valence-corrected chi connectivity index (χ1v) is 8.40. The van der Waals surface area contributed by atoms with Crippen LogP contribution in [0.3, 0.4) is 0 Å². The molecule has 124 valence electrons. The van der Waals surface area contributed by atoms with Gasteiger partial charge in [-0.05, 0) is 36.2 Å². The van der Waals surface area contributed by atoms with E-state index in [0.717, 1.165) is 34.6 Å². The highest BCUT2D eigenvalue weighted by Gasteiger charge is 2.53. The molecule has 25 heavy (non-hydrogen) atoms. The van der Waals surface area contributed by atoms with Gasteiger partial charge in [0, 0.05) is 36.6 Å². The number of amides is 1. The van der Waals surface area contributed by atoms with E-state index < -0.39 is 5.54 Å². The Labute approximate surface area is 144 Å². The Hall–Kier alpha value is -3.15. The van der Waals surface area contributed by atoms with Crippen LogP contribution >= 0.6 is 0 Å². The van der Waals surface area contributed by atoms with Crippen LogP contribution in [-0.4, -0.2) is 33.2 Å². The molecule has 4 heterocycles. The predicted octanol–water partition coefficient (Wildman–Crippen LogP) is 2.42. The average molecular weight is 331 g/mol. The molecular weight excluding hydrogens is 314 g/mol. The molecule has 0 saturated carbocycles. The van der Waals surface area contributed by atoms with E-state index in [9.17, 15) is 4.79 Å². The summed E-state index contributed by atoms with van der Waals surface area (Å²) in [4.78, 5) is 19.4. The highest BCUT2D eigenvalue weighted by molar-refractivity contribution is 5.97. The van der Waals surface area contributed by atoms with Crippen molar-refractivity contribution < 1.29 is 4.79 Å². The minimum atomic E-state index is -0.562. The molecule has 1 spiro atoms. The van der Waals surface area contributed by atoms with Gasteiger partial charge in [-0.1, -0.05) is 12.1 Å². The Balaban J connectivity index is 1.61. The van der Waals surface area contributed by atoms with E-state index in [2.05, 4.69) is 49.7 Å². The fourth-order valence-corrected chi connectivity index (χ4v) is 4.00. The van der Waals surface area contributed by atoms with Crippen LogP contribution in [0.15, 0.2) is 55.0 Å². The molecule has 1 fully saturated rings. The minimum Gasteiger partial charge on any atom is -0.354 e. The quantitative estimate of drug-likeness (QED) is 0.756. The molecule has 1 atom stereocenters. The van der Waals surface area contributed by atoms with Crippen molar-refractivity contribution in [3.63, 3.8) is 0 Å².